The lowest BCUT2D eigenvalue weighted by molar-refractivity contribution is 0.0885. The second-order valence-corrected chi connectivity index (χ2v) is 8.01. The molecule has 116 valence electrons. The zero-order valence-corrected chi connectivity index (χ0v) is 15.4. The molecule has 0 bridgehead atoms. The third-order valence-electron chi connectivity index (χ3n) is 5.46. The molecule has 0 aliphatic heterocycles. The third kappa shape index (κ3) is 5.69. The largest absolute Gasteiger partial charge is 0.159 e. The van der Waals surface area contributed by atoms with E-state index in [1.54, 1.807) is 0 Å². The van der Waals surface area contributed by atoms with E-state index in [1.807, 2.05) is 0 Å². The molecule has 0 saturated heterocycles. The van der Waals surface area contributed by atoms with Gasteiger partial charge in [-0.15, -0.1) is 0 Å². The van der Waals surface area contributed by atoms with Crippen molar-refractivity contribution in [2.45, 2.75) is 92.2 Å². The van der Waals surface area contributed by atoms with Crippen molar-refractivity contribution in [2.75, 3.05) is 5.75 Å². The molecule has 0 rings (SSSR count). The molecule has 2 unspecified atom stereocenters. The molecule has 0 spiro atoms. The van der Waals surface area contributed by atoms with Crippen molar-refractivity contribution >= 4 is 11.8 Å². The smallest absolute Gasteiger partial charge is 0.00497 e. The van der Waals surface area contributed by atoms with Crippen molar-refractivity contribution < 1.29 is 0 Å². The van der Waals surface area contributed by atoms with E-state index in [0.717, 1.165) is 17.1 Å². The van der Waals surface area contributed by atoms with Gasteiger partial charge in [0.1, 0.15) is 0 Å². The van der Waals surface area contributed by atoms with Gasteiger partial charge in [0, 0.05) is 5.25 Å². The third-order valence-corrected chi connectivity index (χ3v) is 6.91. The Morgan fingerprint density at radius 3 is 1.84 bits per heavy atom. The van der Waals surface area contributed by atoms with Crippen molar-refractivity contribution in [1.29, 1.82) is 0 Å². The fourth-order valence-corrected chi connectivity index (χ4v) is 4.95. The summed E-state index contributed by atoms with van der Waals surface area (Å²) in [5, 5.41) is 0.795. The molecular formula is C18H38S. The first-order chi connectivity index (χ1) is 8.96. The first-order valence-corrected chi connectivity index (χ1v) is 9.62. The van der Waals surface area contributed by atoms with Gasteiger partial charge in [0.05, 0.1) is 0 Å². The van der Waals surface area contributed by atoms with Crippen LogP contribution in [0.3, 0.4) is 0 Å². The van der Waals surface area contributed by atoms with Crippen LogP contribution in [-0.2, 0) is 0 Å². The van der Waals surface area contributed by atoms with Gasteiger partial charge in [-0.2, -0.15) is 11.8 Å². The Kier molecular flexibility index (Phi) is 10.3. The first-order valence-electron chi connectivity index (χ1n) is 8.57. The van der Waals surface area contributed by atoms with Gasteiger partial charge in [-0.25, -0.2) is 0 Å². The van der Waals surface area contributed by atoms with Crippen LogP contribution < -0.4 is 0 Å². The quantitative estimate of drug-likeness (QED) is 0.377. The van der Waals surface area contributed by atoms with Crippen molar-refractivity contribution in [3.05, 3.63) is 0 Å². The minimum Gasteiger partial charge on any atom is -0.159 e. The number of hydrogen-bond donors (Lipinski definition) is 0. The van der Waals surface area contributed by atoms with Crippen LogP contribution >= 0.6 is 11.8 Å². The van der Waals surface area contributed by atoms with Crippen LogP contribution in [0, 0.1) is 17.3 Å². The number of hydrogen-bond acceptors (Lipinski definition) is 1. The Balaban J connectivity index is 4.31. The lowest BCUT2D eigenvalue weighted by atomic mass is 9.64. The van der Waals surface area contributed by atoms with E-state index in [4.69, 9.17) is 0 Å². The Labute approximate surface area is 127 Å². The highest BCUT2D eigenvalue weighted by atomic mass is 32.2. The number of rotatable bonds is 11. The summed E-state index contributed by atoms with van der Waals surface area (Å²) in [5.41, 5.74) is 0.538. The topological polar surface area (TPSA) is 0 Å². The lowest BCUT2D eigenvalue weighted by Crippen LogP contribution is -2.37. The van der Waals surface area contributed by atoms with Crippen LogP contribution in [-0.4, -0.2) is 11.0 Å². The Hall–Kier alpha value is 0.350. The maximum absolute atomic E-state index is 2.50. The van der Waals surface area contributed by atoms with Gasteiger partial charge in [-0.3, -0.25) is 0 Å². The SMILES string of the molecule is CCCCCCSC(C)C(C)C(CC)(CC)C(C)C. The lowest BCUT2D eigenvalue weighted by Gasteiger charge is -2.44. The highest BCUT2D eigenvalue weighted by Crippen LogP contribution is 2.46. The van der Waals surface area contributed by atoms with Gasteiger partial charge < -0.3 is 0 Å². The molecule has 0 amide bonds. The molecule has 0 radical (unpaired) electrons. The predicted molar refractivity (Wildman–Crippen MR) is 93.1 cm³/mol. The van der Waals surface area contributed by atoms with Crippen LogP contribution in [0.1, 0.15) is 87.0 Å². The monoisotopic (exact) mass is 286 g/mol. The van der Waals surface area contributed by atoms with Gasteiger partial charge in [-0.1, -0.05) is 67.7 Å². The Morgan fingerprint density at radius 2 is 1.42 bits per heavy atom. The van der Waals surface area contributed by atoms with E-state index in [1.165, 1.54) is 44.3 Å². The van der Waals surface area contributed by atoms with Crippen molar-refractivity contribution in [3.8, 4) is 0 Å². The minimum absolute atomic E-state index is 0.538. The molecule has 0 fully saturated rings. The van der Waals surface area contributed by atoms with E-state index in [0.29, 0.717) is 5.41 Å². The minimum atomic E-state index is 0.538. The summed E-state index contributed by atoms with van der Waals surface area (Å²) in [6, 6.07) is 0. The molecule has 0 aliphatic rings. The van der Waals surface area contributed by atoms with Crippen LogP contribution in [0.5, 0.6) is 0 Å². The summed E-state index contributed by atoms with van der Waals surface area (Å²) in [5.74, 6) is 2.96. The van der Waals surface area contributed by atoms with E-state index in [-0.39, 0.29) is 0 Å². The Bertz CT molecular complexity index is 206. The summed E-state index contributed by atoms with van der Waals surface area (Å²) >= 11 is 2.21. The zero-order valence-electron chi connectivity index (χ0n) is 14.6. The summed E-state index contributed by atoms with van der Waals surface area (Å²) in [7, 11) is 0. The molecule has 0 N–H and O–H groups in total. The molecular weight excluding hydrogens is 248 g/mol. The predicted octanol–water partition coefficient (Wildman–Crippen LogP) is 6.79. The van der Waals surface area contributed by atoms with E-state index in [9.17, 15) is 0 Å². The van der Waals surface area contributed by atoms with Crippen LogP contribution in [0.4, 0.5) is 0 Å². The summed E-state index contributed by atoms with van der Waals surface area (Å²) in [6.07, 6.45) is 8.22. The van der Waals surface area contributed by atoms with Crippen molar-refractivity contribution in [2.24, 2.45) is 17.3 Å². The molecule has 0 saturated carbocycles. The van der Waals surface area contributed by atoms with Crippen LogP contribution in [0.2, 0.25) is 0 Å². The second-order valence-electron chi connectivity index (χ2n) is 6.52. The molecule has 0 aromatic heterocycles. The average molecular weight is 287 g/mol. The van der Waals surface area contributed by atoms with Gasteiger partial charge in [0.15, 0.2) is 0 Å². The first kappa shape index (κ1) is 19.4. The van der Waals surface area contributed by atoms with Crippen molar-refractivity contribution in [3.63, 3.8) is 0 Å². The van der Waals surface area contributed by atoms with E-state index < -0.39 is 0 Å². The highest BCUT2D eigenvalue weighted by molar-refractivity contribution is 7.99. The van der Waals surface area contributed by atoms with Gasteiger partial charge in [0.2, 0.25) is 0 Å². The molecule has 1 heteroatoms. The fraction of sp³-hybridized carbons (Fsp3) is 1.00. The van der Waals surface area contributed by atoms with Gasteiger partial charge in [0.25, 0.3) is 0 Å². The maximum Gasteiger partial charge on any atom is 0.00497 e. The molecule has 0 aromatic carbocycles. The van der Waals surface area contributed by atoms with E-state index >= 15 is 0 Å². The average Bonchev–Trinajstić information content (AvgIpc) is 2.39. The molecule has 0 heterocycles. The van der Waals surface area contributed by atoms with Crippen molar-refractivity contribution in [1.82, 2.24) is 0 Å². The van der Waals surface area contributed by atoms with Crippen LogP contribution in [0.25, 0.3) is 0 Å². The fourth-order valence-electron chi connectivity index (χ4n) is 3.65. The number of thioether (sulfide) groups is 1. The standard InChI is InChI=1S/C18H38S/c1-8-11-12-13-14-19-17(7)16(6)18(9-2,10-3)15(4)5/h15-17H,8-14H2,1-7H3. The molecule has 0 aliphatic carbocycles. The van der Waals surface area contributed by atoms with Gasteiger partial charge in [-0.05, 0) is 42.3 Å². The number of unbranched alkanes of at least 4 members (excludes halogenated alkanes) is 3. The Morgan fingerprint density at radius 1 is 0.842 bits per heavy atom. The maximum atomic E-state index is 2.50. The van der Waals surface area contributed by atoms with E-state index in [2.05, 4.69) is 60.2 Å². The van der Waals surface area contributed by atoms with Crippen LogP contribution in [0.15, 0.2) is 0 Å². The molecule has 2 atom stereocenters. The normalized spacial score (nSPS) is 15.8. The molecule has 19 heavy (non-hydrogen) atoms. The molecule has 0 nitrogen and oxygen atoms in total. The van der Waals surface area contributed by atoms with Gasteiger partial charge >= 0.3 is 0 Å². The summed E-state index contributed by atoms with van der Waals surface area (Å²) in [6.45, 7) is 16.9. The molecule has 0 aromatic rings. The summed E-state index contributed by atoms with van der Waals surface area (Å²) < 4.78 is 0. The zero-order chi connectivity index (χ0) is 14.9. The summed E-state index contributed by atoms with van der Waals surface area (Å²) in [4.78, 5) is 0. The highest BCUT2D eigenvalue weighted by Gasteiger charge is 2.38. The second kappa shape index (κ2) is 10.1.